The second kappa shape index (κ2) is 4.76. The minimum Gasteiger partial charge on any atom is -0.493 e. The molecule has 1 aliphatic carbocycles. The van der Waals surface area contributed by atoms with Crippen LogP contribution in [-0.2, 0) is 19.4 Å². The van der Waals surface area contributed by atoms with E-state index in [0.29, 0.717) is 6.04 Å². The Morgan fingerprint density at radius 3 is 3.14 bits per heavy atom. The van der Waals surface area contributed by atoms with Gasteiger partial charge >= 0.3 is 0 Å². The Morgan fingerprint density at radius 2 is 2.29 bits per heavy atom. The molecule has 0 fully saturated rings. The molecule has 0 radical (unpaired) electrons. The highest BCUT2D eigenvalue weighted by Gasteiger charge is 2.32. The molecular formula is C18H21N2O+. The van der Waals surface area contributed by atoms with Gasteiger partial charge in [-0.15, -0.1) is 0 Å². The van der Waals surface area contributed by atoms with Gasteiger partial charge in [0.25, 0.3) is 5.82 Å². The van der Waals surface area contributed by atoms with Crippen molar-refractivity contribution in [2.24, 2.45) is 0 Å². The fraction of sp³-hybridized carbons (Fsp3) is 0.389. The molecule has 2 aromatic rings. The number of allylic oxidation sites excluding steroid dienone is 1. The molecule has 1 aromatic carbocycles. The fourth-order valence-corrected chi connectivity index (χ4v) is 3.73. The number of hydrogen-bond acceptors (Lipinski definition) is 1. The van der Waals surface area contributed by atoms with Gasteiger partial charge in [0.1, 0.15) is 30.7 Å². The van der Waals surface area contributed by atoms with Crippen LogP contribution in [0.3, 0.4) is 0 Å². The maximum atomic E-state index is 5.75. The first-order chi connectivity index (χ1) is 10.3. The zero-order valence-corrected chi connectivity index (χ0v) is 12.5. The third-order valence-corrected chi connectivity index (χ3v) is 4.86. The lowest BCUT2D eigenvalue weighted by molar-refractivity contribution is -0.692. The third kappa shape index (κ3) is 1.91. The van der Waals surface area contributed by atoms with E-state index < -0.39 is 0 Å². The van der Waals surface area contributed by atoms with Crippen molar-refractivity contribution in [3.8, 4) is 5.75 Å². The van der Waals surface area contributed by atoms with Gasteiger partial charge < -0.3 is 4.74 Å². The molecular weight excluding hydrogens is 260 g/mol. The van der Waals surface area contributed by atoms with Crippen molar-refractivity contribution in [2.75, 3.05) is 6.61 Å². The average Bonchev–Trinajstić information content (AvgIpc) is 3.17. The SMILES string of the molecule is C=CC[n+]1ccn(C2CCc3cc4c(cc32)OCC4)c1C. The van der Waals surface area contributed by atoms with Gasteiger partial charge in [0, 0.05) is 18.9 Å². The van der Waals surface area contributed by atoms with Gasteiger partial charge in [-0.05, 0) is 30.0 Å². The Hall–Kier alpha value is -2.03. The van der Waals surface area contributed by atoms with Crippen LogP contribution in [0.1, 0.15) is 35.0 Å². The van der Waals surface area contributed by atoms with Gasteiger partial charge in [-0.1, -0.05) is 18.7 Å². The molecule has 2 aliphatic rings. The molecule has 21 heavy (non-hydrogen) atoms. The molecule has 1 aliphatic heterocycles. The molecule has 4 rings (SSSR count). The molecule has 0 saturated heterocycles. The molecule has 108 valence electrons. The largest absolute Gasteiger partial charge is 0.493 e. The number of fused-ring (bicyclic) bond motifs is 2. The van der Waals surface area contributed by atoms with Crippen LogP contribution in [0.4, 0.5) is 0 Å². The number of hydrogen-bond donors (Lipinski definition) is 0. The number of nitrogens with zero attached hydrogens (tertiary/aromatic N) is 2. The Morgan fingerprint density at radius 1 is 1.38 bits per heavy atom. The quantitative estimate of drug-likeness (QED) is 0.625. The first kappa shape index (κ1) is 12.7. The number of rotatable bonds is 3. The summed E-state index contributed by atoms with van der Waals surface area (Å²) in [5, 5.41) is 0. The van der Waals surface area contributed by atoms with Crippen molar-refractivity contribution in [3.05, 3.63) is 59.7 Å². The van der Waals surface area contributed by atoms with Crippen LogP contribution in [0, 0.1) is 6.92 Å². The van der Waals surface area contributed by atoms with Crippen LogP contribution in [0.2, 0.25) is 0 Å². The monoisotopic (exact) mass is 281 g/mol. The summed E-state index contributed by atoms with van der Waals surface area (Å²) in [4.78, 5) is 0. The van der Waals surface area contributed by atoms with E-state index in [1.165, 1.54) is 35.4 Å². The van der Waals surface area contributed by atoms with Crippen molar-refractivity contribution in [3.63, 3.8) is 0 Å². The van der Waals surface area contributed by atoms with Crippen LogP contribution < -0.4 is 9.30 Å². The average molecular weight is 281 g/mol. The summed E-state index contributed by atoms with van der Waals surface area (Å²) < 4.78 is 10.4. The molecule has 3 heteroatoms. The molecule has 1 atom stereocenters. The molecule has 3 nitrogen and oxygen atoms in total. The van der Waals surface area contributed by atoms with E-state index in [2.05, 4.69) is 47.2 Å². The van der Waals surface area contributed by atoms with E-state index in [0.717, 1.165) is 25.3 Å². The Kier molecular flexibility index (Phi) is 2.88. The summed E-state index contributed by atoms with van der Waals surface area (Å²) in [6, 6.07) is 5.10. The molecule has 0 bridgehead atoms. The number of benzene rings is 1. The zero-order chi connectivity index (χ0) is 14.4. The lowest BCUT2D eigenvalue weighted by Crippen LogP contribution is -2.34. The van der Waals surface area contributed by atoms with Gasteiger partial charge in [-0.2, -0.15) is 0 Å². The topological polar surface area (TPSA) is 18.0 Å². The van der Waals surface area contributed by atoms with Crippen LogP contribution in [-0.4, -0.2) is 11.2 Å². The smallest absolute Gasteiger partial charge is 0.254 e. The highest BCUT2D eigenvalue weighted by molar-refractivity contribution is 5.48. The maximum absolute atomic E-state index is 5.75. The maximum Gasteiger partial charge on any atom is 0.254 e. The molecule has 2 heterocycles. The summed E-state index contributed by atoms with van der Waals surface area (Å²) in [5.41, 5.74) is 4.34. The highest BCUT2D eigenvalue weighted by atomic mass is 16.5. The molecule has 0 N–H and O–H groups in total. The van der Waals surface area contributed by atoms with Crippen LogP contribution >= 0.6 is 0 Å². The summed E-state index contributed by atoms with van der Waals surface area (Å²) in [6.45, 7) is 7.72. The van der Waals surface area contributed by atoms with E-state index >= 15 is 0 Å². The number of aromatic nitrogens is 2. The predicted molar refractivity (Wildman–Crippen MR) is 81.7 cm³/mol. The predicted octanol–water partition coefficient (Wildman–Crippen LogP) is 2.74. The second-order valence-electron chi connectivity index (χ2n) is 6.01. The minimum atomic E-state index is 0.445. The zero-order valence-electron chi connectivity index (χ0n) is 12.5. The third-order valence-electron chi connectivity index (χ3n) is 4.86. The van der Waals surface area contributed by atoms with Gasteiger partial charge in [0.05, 0.1) is 6.61 Å². The highest BCUT2D eigenvalue weighted by Crippen LogP contribution is 2.40. The first-order valence-electron chi connectivity index (χ1n) is 7.74. The lowest BCUT2D eigenvalue weighted by Gasteiger charge is -2.11. The van der Waals surface area contributed by atoms with Crippen molar-refractivity contribution >= 4 is 0 Å². The van der Waals surface area contributed by atoms with E-state index in [-0.39, 0.29) is 0 Å². The fourth-order valence-electron chi connectivity index (χ4n) is 3.73. The molecule has 0 spiro atoms. The summed E-state index contributed by atoms with van der Waals surface area (Å²) in [7, 11) is 0. The summed E-state index contributed by atoms with van der Waals surface area (Å²) >= 11 is 0. The Bertz CT molecular complexity index is 714. The molecule has 0 saturated carbocycles. The number of imidazole rings is 1. The van der Waals surface area contributed by atoms with Gasteiger partial charge in [0.15, 0.2) is 0 Å². The lowest BCUT2D eigenvalue weighted by atomic mass is 10.0. The Balaban J connectivity index is 1.75. The Labute approximate surface area is 125 Å². The standard InChI is InChI=1S/C18H21N2O/c1-3-7-19-8-9-20(13(19)2)17-5-4-14-11-15-6-10-21-18(15)12-16(14)17/h3,8-9,11-12,17H,1,4-7,10H2,2H3/q+1. The van der Waals surface area contributed by atoms with E-state index in [1.807, 2.05) is 6.08 Å². The number of ether oxygens (including phenoxy) is 1. The van der Waals surface area contributed by atoms with Crippen LogP contribution in [0.5, 0.6) is 5.75 Å². The van der Waals surface area contributed by atoms with Gasteiger partial charge in [0.2, 0.25) is 0 Å². The van der Waals surface area contributed by atoms with Crippen LogP contribution in [0.15, 0.2) is 37.2 Å². The second-order valence-corrected chi connectivity index (χ2v) is 6.01. The molecule has 1 aromatic heterocycles. The molecule has 0 amide bonds. The molecule has 1 unspecified atom stereocenters. The van der Waals surface area contributed by atoms with Crippen molar-refractivity contribution < 1.29 is 9.30 Å². The van der Waals surface area contributed by atoms with E-state index in [9.17, 15) is 0 Å². The van der Waals surface area contributed by atoms with E-state index in [1.54, 1.807) is 0 Å². The van der Waals surface area contributed by atoms with Crippen molar-refractivity contribution in [1.82, 2.24) is 4.57 Å². The van der Waals surface area contributed by atoms with Crippen LogP contribution in [0.25, 0.3) is 0 Å². The van der Waals surface area contributed by atoms with Gasteiger partial charge in [-0.25, -0.2) is 9.13 Å². The first-order valence-corrected chi connectivity index (χ1v) is 7.74. The van der Waals surface area contributed by atoms with Crippen molar-refractivity contribution in [2.45, 2.75) is 38.8 Å². The normalized spacial score (nSPS) is 19.2. The number of aryl methyl sites for hydroxylation is 1. The summed E-state index contributed by atoms with van der Waals surface area (Å²) in [6.07, 6.45) is 9.72. The minimum absolute atomic E-state index is 0.445. The van der Waals surface area contributed by atoms with Gasteiger partial charge in [-0.3, -0.25) is 0 Å². The van der Waals surface area contributed by atoms with E-state index in [4.69, 9.17) is 4.74 Å². The summed E-state index contributed by atoms with van der Waals surface area (Å²) in [5.74, 6) is 2.39. The van der Waals surface area contributed by atoms with Crippen molar-refractivity contribution in [1.29, 1.82) is 0 Å².